The van der Waals surface area contributed by atoms with Gasteiger partial charge in [-0.3, -0.25) is 4.98 Å². The number of rotatable bonds is 7. The van der Waals surface area contributed by atoms with Crippen molar-refractivity contribution in [2.45, 2.75) is 6.61 Å². The van der Waals surface area contributed by atoms with Gasteiger partial charge in [0, 0.05) is 23.5 Å². The Bertz CT molecular complexity index is 2920. The van der Waals surface area contributed by atoms with Crippen LogP contribution in [-0.4, -0.2) is 15.0 Å². The van der Waals surface area contributed by atoms with Crippen LogP contribution in [0.5, 0.6) is 5.75 Å². The van der Waals surface area contributed by atoms with Crippen molar-refractivity contribution >= 4 is 46.4 Å². The summed E-state index contributed by atoms with van der Waals surface area (Å²) >= 11 is 0. The topological polar surface area (TPSA) is 76.1 Å². The molecule has 4 aromatic heterocycles. The van der Waals surface area contributed by atoms with Crippen molar-refractivity contribution in [3.8, 4) is 50.3 Å². The molecule has 0 radical (unpaired) electrons. The van der Waals surface area contributed by atoms with E-state index in [1.54, 1.807) is 6.20 Å². The molecule has 2 aliphatic heterocycles. The summed E-state index contributed by atoms with van der Waals surface area (Å²) < 4.78 is 6.53. The number of benzene rings is 4. The number of nitrogens with zero attached hydrogens (tertiary/aromatic N) is 5. The Morgan fingerprint density at radius 1 is 0.421 bits per heavy atom. The van der Waals surface area contributed by atoms with Crippen molar-refractivity contribution in [3.05, 3.63) is 192 Å². The molecule has 10 rings (SSSR count). The van der Waals surface area contributed by atoms with Crippen LogP contribution in [0.4, 0.5) is 0 Å². The molecule has 6 heterocycles. The Morgan fingerprint density at radius 2 is 0.842 bits per heavy atom. The number of hydrogen-bond acceptors (Lipinski definition) is 4. The van der Waals surface area contributed by atoms with Crippen LogP contribution in [0.3, 0.4) is 0 Å². The number of pyridine rings is 1. The Labute approximate surface area is 343 Å². The van der Waals surface area contributed by atoms with E-state index < -0.39 is 0 Å². The molecule has 266 valence electrons. The minimum absolute atomic E-state index is 0. The molecule has 0 saturated carbocycles. The second-order valence-corrected chi connectivity index (χ2v) is 13.6. The molecule has 0 fully saturated rings. The third-order valence-corrected chi connectivity index (χ3v) is 10.1. The van der Waals surface area contributed by atoms with Crippen molar-refractivity contribution < 1.29 is 24.2 Å². The van der Waals surface area contributed by atoms with Crippen molar-refractivity contribution in [3.63, 3.8) is 0 Å². The summed E-state index contributed by atoms with van der Waals surface area (Å²) in [5, 5.41) is 0. The quantitative estimate of drug-likeness (QED) is 0.150. The molecule has 8 bridgehead atoms. The molecule has 0 aliphatic carbocycles. The zero-order valence-electron chi connectivity index (χ0n) is 31.0. The van der Waals surface area contributed by atoms with Crippen molar-refractivity contribution in [1.29, 1.82) is 0 Å². The van der Waals surface area contributed by atoms with Gasteiger partial charge >= 0.3 is 19.5 Å². The van der Waals surface area contributed by atoms with Crippen LogP contribution in [0.15, 0.2) is 164 Å². The smallest absolute Gasteiger partial charge is 0.657 e. The van der Waals surface area contributed by atoms with E-state index >= 15 is 0 Å². The summed E-state index contributed by atoms with van der Waals surface area (Å²) in [7, 11) is 0. The number of hydrogen-bond donors (Lipinski definition) is 0. The van der Waals surface area contributed by atoms with Crippen LogP contribution in [0.1, 0.15) is 28.3 Å². The van der Waals surface area contributed by atoms with Gasteiger partial charge in [-0.15, -0.1) is 22.1 Å². The van der Waals surface area contributed by atoms with Crippen LogP contribution in [0.2, 0.25) is 0 Å². The fourth-order valence-electron chi connectivity index (χ4n) is 7.51. The van der Waals surface area contributed by atoms with Gasteiger partial charge in [0.05, 0.1) is 22.8 Å². The van der Waals surface area contributed by atoms with Gasteiger partial charge in [0.15, 0.2) is 0 Å². The molecule has 57 heavy (non-hydrogen) atoms. The predicted octanol–water partition coefficient (Wildman–Crippen LogP) is 11.6. The van der Waals surface area contributed by atoms with Gasteiger partial charge in [-0.05, 0) is 75.4 Å². The Kier molecular flexibility index (Phi) is 9.82. The van der Waals surface area contributed by atoms with Gasteiger partial charge in [-0.2, -0.15) is 0 Å². The van der Waals surface area contributed by atoms with Gasteiger partial charge < -0.3 is 14.7 Å². The maximum atomic E-state index is 6.53. The number of ether oxygens (including phenoxy) is 1. The normalized spacial score (nSPS) is 11.6. The summed E-state index contributed by atoms with van der Waals surface area (Å²) in [5.74, 6) is 0.725. The van der Waals surface area contributed by atoms with Crippen LogP contribution >= 0.6 is 0 Å². The zero-order valence-corrected chi connectivity index (χ0v) is 33.9. The monoisotopic (exact) mass is 783 g/mol. The second-order valence-electron chi connectivity index (χ2n) is 13.6. The van der Waals surface area contributed by atoms with E-state index in [0.717, 1.165) is 101 Å². The van der Waals surface area contributed by atoms with Crippen LogP contribution < -0.4 is 14.7 Å². The largest absolute Gasteiger partial charge is 2.00 e. The Balaban J connectivity index is 0.00000422. The molecule has 0 spiro atoms. The van der Waals surface area contributed by atoms with E-state index in [0.29, 0.717) is 6.61 Å². The standard InChI is InChI=1S/C50H33N5O.Zn/c1-4-14-34(15-5-1)47-38-22-24-40(52-38)48(35-16-6-2-7-17-35)42-26-28-44(54-42)50(37-20-10-11-21-46(37)56-32-33-13-12-30-51-31-33)45-29-27-43(55-45)49(36-18-8-3-9-19-36)41-25-23-39(47)53-41;/h1-31H,32H2;/q-2;+2. The first kappa shape index (κ1) is 35.7. The van der Waals surface area contributed by atoms with E-state index in [4.69, 9.17) is 24.7 Å². The third kappa shape index (κ3) is 6.94. The average molecular weight is 785 g/mol. The molecule has 0 atom stereocenters. The number of aromatic nitrogens is 5. The summed E-state index contributed by atoms with van der Waals surface area (Å²) in [6.07, 6.45) is 11.9. The first-order valence-corrected chi connectivity index (χ1v) is 18.6. The van der Waals surface area contributed by atoms with Crippen LogP contribution in [-0.2, 0) is 26.1 Å². The molecule has 7 heteroatoms. The van der Waals surface area contributed by atoms with Gasteiger partial charge in [0.1, 0.15) is 12.4 Å². The fourth-order valence-corrected chi connectivity index (χ4v) is 7.51. The molecular weight excluding hydrogens is 752 g/mol. The van der Waals surface area contributed by atoms with Crippen molar-refractivity contribution in [1.82, 2.24) is 24.9 Å². The van der Waals surface area contributed by atoms with Gasteiger partial charge in [-0.25, -0.2) is 9.97 Å². The molecule has 0 saturated heterocycles. The SMILES string of the molecule is C1=Cc2nc1c(-c1ccccc1)c1ccc([n-]1)c(-c1ccccc1)c1nc(c(-c3ccccc3OCc3cccnc3)c3ccc([n-]3)c2-c2ccccc2)C=C1.[Zn+2]. The summed E-state index contributed by atoms with van der Waals surface area (Å²) in [6, 6.07) is 51.5. The van der Waals surface area contributed by atoms with Gasteiger partial charge in [-0.1, -0.05) is 140 Å². The van der Waals surface area contributed by atoms with E-state index in [9.17, 15) is 0 Å². The summed E-state index contributed by atoms with van der Waals surface area (Å²) in [6.45, 7) is 0.368. The third-order valence-electron chi connectivity index (χ3n) is 10.1. The van der Waals surface area contributed by atoms with Crippen LogP contribution in [0, 0.1) is 0 Å². The predicted molar refractivity (Wildman–Crippen MR) is 227 cm³/mol. The van der Waals surface area contributed by atoms with Gasteiger partial charge in [0.2, 0.25) is 0 Å². The number of fused-ring (bicyclic) bond motifs is 8. The number of para-hydroxylation sites is 1. The summed E-state index contributed by atoms with van der Waals surface area (Å²) in [4.78, 5) is 25.8. The average Bonchev–Trinajstić information content (AvgIpc) is 4.10. The first-order chi connectivity index (χ1) is 27.8. The Morgan fingerprint density at radius 3 is 1.30 bits per heavy atom. The van der Waals surface area contributed by atoms with E-state index in [1.807, 2.05) is 54.7 Å². The molecule has 0 N–H and O–H groups in total. The fraction of sp³-hybridized carbons (Fsp3) is 0.0200. The first-order valence-electron chi connectivity index (χ1n) is 18.6. The van der Waals surface area contributed by atoms with Crippen LogP contribution in [0.25, 0.3) is 90.9 Å². The minimum atomic E-state index is 0. The second kappa shape index (κ2) is 15.7. The van der Waals surface area contributed by atoms with Crippen molar-refractivity contribution in [2.75, 3.05) is 0 Å². The Hall–Kier alpha value is -6.95. The summed E-state index contributed by atoms with van der Waals surface area (Å²) in [5.41, 5.74) is 15.2. The maximum Gasteiger partial charge on any atom is 2.00 e. The molecular formula is C50H33N5OZn. The zero-order chi connectivity index (χ0) is 37.3. The molecule has 2 aliphatic rings. The van der Waals surface area contributed by atoms with Gasteiger partial charge in [0.25, 0.3) is 0 Å². The molecule has 8 aromatic rings. The van der Waals surface area contributed by atoms with E-state index in [-0.39, 0.29) is 19.5 Å². The minimum Gasteiger partial charge on any atom is -0.657 e. The van der Waals surface area contributed by atoms with E-state index in [2.05, 4.69) is 132 Å². The molecule has 0 unspecified atom stereocenters. The molecule has 4 aromatic carbocycles. The molecule has 6 nitrogen and oxygen atoms in total. The van der Waals surface area contributed by atoms with E-state index in [1.165, 1.54) is 0 Å². The van der Waals surface area contributed by atoms with Crippen molar-refractivity contribution in [2.24, 2.45) is 0 Å². The maximum absolute atomic E-state index is 6.53. The molecule has 0 amide bonds.